The van der Waals surface area contributed by atoms with Crippen LogP contribution in [0.15, 0.2) is 0 Å². The average molecular weight is 371 g/mol. The van der Waals surface area contributed by atoms with Gasteiger partial charge < -0.3 is 19.7 Å². The summed E-state index contributed by atoms with van der Waals surface area (Å²) < 4.78 is 11.3. The third kappa shape index (κ3) is 4.81. The highest BCUT2D eigenvalue weighted by Crippen LogP contribution is 2.61. The van der Waals surface area contributed by atoms with E-state index >= 15 is 0 Å². The van der Waals surface area contributed by atoms with Gasteiger partial charge in [0.15, 0.2) is 0 Å². The summed E-state index contributed by atoms with van der Waals surface area (Å²) in [6, 6.07) is 0. The second kappa shape index (κ2) is 9.86. The van der Waals surface area contributed by atoms with E-state index in [1.807, 2.05) is 0 Å². The van der Waals surface area contributed by atoms with Crippen molar-refractivity contribution in [3.8, 4) is 0 Å². The normalized spacial score (nSPS) is 38.5. The number of fused-ring (bicyclic) bond motifs is 1. The highest BCUT2D eigenvalue weighted by molar-refractivity contribution is 5.07. The molecule has 0 aromatic heterocycles. The fraction of sp³-hybridized carbons (Fsp3) is 1.00. The van der Waals surface area contributed by atoms with E-state index in [2.05, 4.69) is 27.7 Å². The van der Waals surface area contributed by atoms with Crippen molar-refractivity contribution >= 4 is 0 Å². The van der Waals surface area contributed by atoms with Crippen LogP contribution in [-0.4, -0.2) is 42.9 Å². The molecule has 2 N–H and O–H groups in total. The van der Waals surface area contributed by atoms with Crippen molar-refractivity contribution in [2.45, 2.75) is 84.8 Å². The molecule has 154 valence electrons. The van der Waals surface area contributed by atoms with Crippen molar-refractivity contribution in [1.29, 1.82) is 0 Å². The second-order valence-corrected chi connectivity index (χ2v) is 9.57. The third-order valence-corrected chi connectivity index (χ3v) is 7.42. The van der Waals surface area contributed by atoms with Crippen LogP contribution in [0.5, 0.6) is 0 Å². The van der Waals surface area contributed by atoms with Gasteiger partial charge in [0.2, 0.25) is 0 Å². The lowest BCUT2D eigenvalue weighted by Crippen LogP contribution is -2.48. The summed E-state index contributed by atoms with van der Waals surface area (Å²) in [5, 5.41) is 20.2. The van der Waals surface area contributed by atoms with Gasteiger partial charge in [0.1, 0.15) is 6.79 Å². The van der Waals surface area contributed by atoms with Crippen molar-refractivity contribution in [3.05, 3.63) is 0 Å². The van der Waals surface area contributed by atoms with Crippen LogP contribution < -0.4 is 0 Å². The van der Waals surface area contributed by atoms with Gasteiger partial charge in [-0.25, -0.2) is 0 Å². The van der Waals surface area contributed by atoms with Gasteiger partial charge in [0, 0.05) is 13.7 Å². The molecule has 7 atom stereocenters. The number of aliphatic hydroxyl groups excluding tert-OH is 2. The largest absolute Gasteiger partial charge is 0.396 e. The van der Waals surface area contributed by atoms with Crippen LogP contribution in [0.1, 0.15) is 72.6 Å². The summed E-state index contributed by atoms with van der Waals surface area (Å²) in [6.07, 6.45) is 7.32. The van der Waals surface area contributed by atoms with Crippen molar-refractivity contribution < 1.29 is 19.7 Å². The van der Waals surface area contributed by atoms with E-state index in [0.29, 0.717) is 31.0 Å². The molecule has 0 aliphatic heterocycles. The first kappa shape index (κ1) is 22.1. The van der Waals surface area contributed by atoms with Crippen molar-refractivity contribution in [3.63, 3.8) is 0 Å². The molecule has 0 radical (unpaired) electrons. The third-order valence-electron chi connectivity index (χ3n) is 7.42. The monoisotopic (exact) mass is 370 g/mol. The van der Waals surface area contributed by atoms with E-state index in [4.69, 9.17) is 9.47 Å². The van der Waals surface area contributed by atoms with Crippen LogP contribution in [0.3, 0.4) is 0 Å². The first-order valence-corrected chi connectivity index (χ1v) is 10.7. The number of hydrogen-bond acceptors (Lipinski definition) is 4. The van der Waals surface area contributed by atoms with Gasteiger partial charge >= 0.3 is 0 Å². The predicted molar refractivity (Wildman–Crippen MR) is 105 cm³/mol. The number of hydrogen-bond donors (Lipinski definition) is 2. The Bertz CT molecular complexity index is 413. The summed E-state index contributed by atoms with van der Waals surface area (Å²) in [6.45, 7) is 9.89. The Hall–Kier alpha value is -0.160. The van der Waals surface area contributed by atoms with E-state index < -0.39 is 0 Å². The number of rotatable bonds is 10. The van der Waals surface area contributed by atoms with Crippen LogP contribution in [0.4, 0.5) is 0 Å². The topological polar surface area (TPSA) is 58.9 Å². The minimum atomic E-state index is -0.316. The molecule has 2 saturated carbocycles. The molecule has 2 fully saturated rings. The van der Waals surface area contributed by atoms with E-state index in [1.54, 1.807) is 7.11 Å². The molecule has 0 bridgehead atoms. The molecule has 0 saturated heterocycles. The van der Waals surface area contributed by atoms with Gasteiger partial charge in [-0.3, -0.25) is 0 Å². The Balaban J connectivity index is 2.17. The summed E-state index contributed by atoms with van der Waals surface area (Å²) in [5.74, 6) is 2.50. The molecule has 2 aliphatic rings. The van der Waals surface area contributed by atoms with Crippen molar-refractivity contribution in [1.82, 2.24) is 0 Å². The van der Waals surface area contributed by atoms with Gasteiger partial charge in [-0.05, 0) is 60.7 Å². The second-order valence-electron chi connectivity index (χ2n) is 9.57. The molecule has 0 amide bonds. The number of aliphatic hydroxyl groups is 2. The summed E-state index contributed by atoms with van der Waals surface area (Å²) >= 11 is 0. The van der Waals surface area contributed by atoms with Crippen LogP contribution in [0.25, 0.3) is 0 Å². The minimum absolute atomic E-state index is 0.129. The summed E-state index contributed by atoms with van der Waals surface area (Å²) in [4.78, 5) is 0. The van der Waals surface area contributed by atoms with Gasteiger partial charge in [-0.15, -0.1) is 0 Å². The van der Waals surface area contributed by atoms with Crippen molar-refractivity contribution in [2.75, 3.05) is 20.5 Å². The zero-order valence-electron chi connectivity index (χ0n) is 17.6. The highest BCUT2D eigenvalue weighted by atomic mass is 16.7. The molecule has 2 rings (SSSR count). The van der Waals surface area contributed by atoms with E-state index in [-0.39, 0.29) is 30.1 Å². The van der Waals surface area contributed by atoms with Gasteiger partial charge in [-0.2, -0.15) is 0 Å². The SMILES string of the molecule is COCO[C@H]1C[C@H]([C@H](C)CCCC(C)C)[C@@]2(C)CC[C@@H](O)[C@@H](CCO)[C@H]12. The minimum Gasteiger partial charge on any atom is -0.396 e. The predicted octanol–water partition coefficient (Wildman–Crippen LogP) is 4.23. The first-order valence-electron chi connectivity index (χ1n) is 10.7. The lowest BCUT2D eigenvalue weighted by Gasteiger charge is -2.49. The number of ether oxygens (including phenoxy) is 2. The molecule has 26 heavy (non-hydrogen) atoms. The van der Waals surface area contributed by atoms with Gasteiger partial charge in [0.05, 0.1) is 12.2 Å². The Labute approximate surface area is 160 Å². The first-order chi connectivity index (χ1) is 12.3. The summed E-state index contributed by atoms with van der Waals surface area (Å²) in [7, 11) is 1.67. The van der Waals surface area contributed by atoms with E-state index in [0.717, 1.165) is 25.2 Å². The van der Waals surface area contributed by atoms with Crippen LogP contribution >= 0.6 is 0 Å². The van der Waals surface area contributed by atoms with Crippen LogP contribution in [0.2, 0.25) is 0 Å². The average Bonchev–Trinajstić information content (AvgIpc) is 2.88. The molecular formula is C22H42O4. The van der Waals surface area contributed by atoms with Crippen LogP contribution in [-0.2, 0) is 9.47 Å². The zero-order valence-corrected chi connectivity index (χ0v) is 17.6. The molecule has 0 aromatic carbocycles. The zero-order chi connectivity index (χ0) is 19.3. The standard InChI is InChI=1S/C22H42O4/c1-15(2)7-6-8-16(3)18-13-20(26-14-25-5)21-17(10-12-23)19(24)9-11-22(18,21)4/h15-21,23-24H,6-14H2,1-5H3/t16-,17-,18-,19-,20+,21-,22-/m1/s1. The molecule has 4 heteroatoms. The molecule has 0 spiro atoms. The molecule has 4 nitrogen and oxygen atoms in total. The maximum absolute atomic E-state index is 10.6. The molecule has 0 aromatic rings. The Morgan fingerprint density at radius 3 is 2.54 bits per heavy atom. The molecule has 2 aliphatic carbocycles. The quantitative estimate of drug-likeness (QED) is 0.565. The van der Waals surface area contributed by atoms with Gasteiger partial charge in [0.25, 0.3) is 0 Å². The maximum atomic E-state index is 10.6. The highest BCUT2D eigenvalue weighted by Gasteiger charge is 2.59. The van der Waals surface area contributed by atoms with Crippen molar-refractivity contribution in [2.24, 2.45) is 35.0 Å². The number of methoxy groups -OCH3 is 1. The van der Waals surface area contributed by atoms with E-state index in [9.17, 15) is 10.2 Å². The Morgan fingerprint density at radius 1 is 1.19 bits per heavy atom. The maximum Gasteiger partial charge on any atom is 0.146 e. The molecule has 0 unspecified atom stereocenters. The molecule has 0 heterocycles. The van der Waals surface area contributed by atoms with Gasteiger partial charge in [-0.1, -0.05) is 47.0 Å². The fourth-order valence-electron chi connectivity index (χ4n) is 6.15. The van der Waals surface area contributed by atoms with E-state index in [1.165, 1.54) is 19.3 Å². The lowest BCUT2D eigenvalue weighted by atomic mass is 9.57. The molecular weight excluding hydrogens is 328 g/mol. The van der Waals surface area contributed by atoms with Crippen LogP contribution in [0, 0.1) is 35.0 Å². The Kier molecular flexibility index (Phi) is 8.39. The Morgan fingerprint density at radius 2 is 1.92 bits per heavy atom. The lowest BCUT2D eigenvalue weighted by molar-refractivity contribution is -0.132. The fourth-order valence-corrected chi connectivity index (χ4v) is 6.15. The summed E-state index contributed by atoms with van der Waals surface area (Å²) in [5.41, 5.74) is 0.189. The smallest absolute Gasteiger partial charge is 0.146 e.